The van der Waals surface area contributed by atoms with Gasteiger partial charge in [0.2, 0.25) is 5.91 Å². The largest absolute Gasteiger partial charge is 0.323 e. The third kappa shape index (κ3) is 2.83. The van der Waals surface area contributed by atoms with Gasteiger partial charge in [0.25, 0.3) is 5.91 Å². The fourth-order valence-electron chi connectivity index (χ4n) is 2.53. The zero-order valence-electron chi connectivity index (χ0n) is 12.3. The molecular weight excluding hydrogens is 316 g/mol. The van der Waals surface area contributed by atoms with E-state index in [4.69, 9.17) is 0 Å². The molecule has 0 fully saturated rings. The summed E-state index contributed by atoms with van der Waals surface area (Å²) in [5.41, 5.74) is 1.12. The third-order valence-corrected chi connectivity index (χ3v) is 4.69. The van der Waals surface area contributed by atoms with Crippen molar-refractivity contribution in [1.29, 1.82) is 0 Å². The van der Waals surface area contributed by atoms with Gasteiger partial charge in [-0.3, -0.25) is 14.5 Å². The van der Waals surface area contributed by atoms with Crippen LogP contribution in [-0.2, 0) is 14.6 Å². The van der Waals surface area contributed by atoms with E-state index in [1.807, 2.05) is 0 Å². The average Bonchev–Trinajstić information content (AvgIpc) is 2.52. The van der Waals surface area contributed by atoms with E-state index >= 15 is 0 Å². The molecule has 7 heteroatoms. The van der Waals surface area contributed by atoms with E-state index in [1.165, 1.54) is 17.0 Å². The van der Waals surface area contributed by atoms with Gasteiger partial charge in [0.15, 0.2) is 9.84 Å². The van der Waals surface area contributed by atoms with Gasteiger partial charge in [0.1, 0.15) is 6.54 Å². The molecule has 2 aromatic carbocycles. The first-order valence-corrected chi connectivity index (χ1v) is 8.77. The van der Waals surface area contributed by atoms with Crippen LogP contribution < -0.4 is 10.2 Å². The van der Waals surface area contributed by atoms with E-state index in [1.54, 1.807) is 36.4 Å². The molecule has 0 saturated heterocycles. The van der Waals surface area contributed by atoms with Gasteiger partial charge in [-0.25, -0.2) is 8.42 Å². The van der Waals surface area contributed by atoms with Gasteiger partial charge in [-0.05, 0) is 24.3 Å². The lowest BCUT2D eigenvalue weighted by Gasteiger charge is -2.29. The van der Waals surface area contributed by atoms with E-state index in [9.17, 15) is 18.0 Å². The Balaban J connectivity index is 2.11. The van der Waals surface area contributed by atoms with Crippen LogP contribution in [0.15, 0.2) is 53.4 Å². The second-order valence-electron chi connectivity index (χ2n) is 5.22. The highest BCUT2D eigenvalue weighted by molar-refractivity contribution is 7.90. The van der Waals surface area contributed by atoms with Crippen LogP contribution in [0.2, 0.25) is 0 Å². The highest BCUT2D eigenvalue weighted by atomic mass is 32.2. The summed E-state index contributed by atoms with van der Waals surface area (Å²) in [4.78, 5) is 25.9. The van der Waals surface area contributed by atoms with Gasteiger partial charge >= 0.3 is 0 Å². The Bertz CT molecular complexity index is 906. The Labute approximate surface area is 133 Å². The highest BCUT2D eigenvalue weighted by Gasteiger charge is 2.29. The predicted molar refractivity (Wildman–Crippen MR) is 86.3 cm³/mol. The normalized spacial score (nSPS) is 14.1. The molecule has 1 heterocycles. The molecule has 2 aromatic rings. The zero-order chi connectivity index (χ0) is 16.6. The monoisotopic (exact) mass is 330 g/mol. The van der Waals surface area contributed by atoms with Crippen LogP contribution in [0.25, 0.3) is 0 Å². The first-order valence-electron chi connectivity index (χ1n) is 6.88. The van der Waals surface area contributed by atoms with Crippen LogP contribution in [0.3, 0.4) is 0 Å². The molecule has 0 aromatic heterocycles. The third-order valence-electron chi connectivity index (χ3n) is 3.53. The molecule has 0 atom stereocenters. The summed E-state index contributed by atoms with van der Waals surface area (Å²) in [5.74, 6) is -0.845. The number of amides is 2. The fraction of sp³-hybridized carbons (Fsp3) is 0.125. The summed E-state index contributed by atoms with van der Waals surface area (Å²) in [7, 11) is -3.56. The Morgan fingerprint density at radius 3 is 2.48 bits per heavy atom. The first kappa shape index (κ1) is 15.2. The van der Waals surface area contributed by atoms with Crippen LogP contribution in [0, 0.1) is 0 Å². The maximum Gasteiger partial charge on any atom is 0.260 e. The molecule has 1 aliphatic rings. The number of anilines is 2. The van der Waals surface area contributed by atoms with Gasteiger partial charge in [0, 0.05) is 6.26 Å². The second kappa shape index (κ2) is 5.51. The SMILES string of the molecule is CS(=O)(=O)c1ccccc1C(=O)N1CC(=O)Nc2ccccc21. The van der Waals surface area contributed by atoms with Crippen molar-refractivity contribution in [2.45, 2.75) is 4.90 Å². The van der Waals surface area contributed by atoms with E-state index in [-0.39, 0.29) is 22.9 Å². The van der Waals surface area contributed by atoms with Crippen LogP contribution in [0.4, 0.5) is 11.4 Å². The number of rotatable bonds is 2. The van der Waals surface area contributed by atoms with Gasteiger partial charge < -0.3 is 5.32 Å². The molecule has 1 aliphatic heterocycles. The van der Waals surface area contributed by atoms with Crippen LogP contribution in [0.1, 0.15) is 10.4 Å². The summed E-state index contributed by atoms with van der Waals surface area (Å²) < 4.78 is 23.8. The number of nitrogens with zero attached hydrogens (tertiary/aromatic N) is 1. The number of hydrogen-bond acceptors (Lipinski definition) is 4. The van der Waals surface area contributed by atoms with E-state index in [0.717, 1.165) is 6.26 Å². The molecule has 1 N–H and O–H groups in total. The van der Waals surface area contributed by atoms with E-state index in [0.29, 0.717) is 11.4 Å². The lowest BCUT2D eigenvalue weighted by molar-refractivity contribution is -0.115. The predicted octanol–water partition coefficient (Wildman–Crippen LogP) is 1.69. The van der Waals surface area contributed by atoms with Crippen LogP contribution in [-0.4, -0.2) is 33.0 Å². The maximum absolute atomic E-state index is 12.9. The minimum atomic E-state index is -3.56. The molecule has 0 aliphatic carbocycles. The number of nitrogens with one attached hydrogen (secondary N) is 1. The molecule has 0 saturated carbocycles. The quantitative estimate of drug-likeness (QED) is 0.908. The first-order chi connectivity index (χ1) is 10.9. The lowest BCUT2D eigenvalue weighted by atomic mass is 10.1. The summed E-state index contributed by atoms with van der Waals surface area (Å²) >= 11 is 0. The van der Waals surface area contributed by atoms with Crippen molar-refractivity contribution in [1.82, 2.24) is 0 Å². The van der Waals surface area contributed by atoms with Gasteiger partial charge in [-0.15, -0.1) is 0 Å². The lowest BCUT2D eigenvalue weighted by Crippen LogP contribution is -2.42. The summed E-state index contributed by atoms with van der Waals surface area (Å²) in [5, 5.41) is 2.69. The number of hydrogen-bond donors (Lipinski definition) is 1. The standard InChI is InChI=1S/C16H14N2O4S/c1-23(21,22)14-9-5-2-6-11(14)16(20)18-10-15(19)17-12-7-3-4-8-13(12)18/h2-9H,10H2,1H3,(H,17,19). The van der Waals surface area contributed by atoms with Crippen LogP contribution >= 0.6 is 0 Å². The van der Waals surface area contributed by atoms with Crippen molar-refractivity contribution < 1.29 is 18.0 Å². The molecule has 3 rings (SSSR count). The Kier molecular flexibility index (Phi) is 3.65. The molecule has 0 radical (unpaired) electrons. The molecular formula is C16H14N2O4S. The summed E-state index contributed by atoms with van der Waals surface area (Å²) in [6.07, 6.45) is 1.05. The molecule has 23 heavy (non-hydrogen) atoms. The highest BCUT2D eigenvalue weighted by Crippen LogP contribution is 2.31. The zero-order valence-corrected chi connectivity index (χ0v) is 13.1. The number of benzene rings is 2. The van der Waals surface area contributed by atoms with E-state index in [2.05, 4.69) is 5.32 Å². The fourth-order valence-corrected chi connectivity index (χ4v) is 3.41. The van der Waals surface area contributed by atoms with Crippen molar-refractivity contribution in [3.05, 3.63) is 54.1 Å². The van der Waals surface area contributed by atoms with Gasteiger partial charge in [0.05, 0.1) is 21.8 Å². The molecule has 0 unspecified atom stereocenters. The molecule has 118 valence electrons. The molecule has 0 spiro atoms. The Morgan fingerprint density at radius 2 is 1.74 bits per heavy atom. The Hall–Kier alpha value is -2.67. The number of fused-ring (bicyclic) bond motifs is 1. The maximum atomic E-state index is 12.9. The number of para-hydroxylation sites is 2. The Morgan fingerprint density at radius 1 is 1.09 bits per heavy atom. The van der Waals surface area contributed by atoms with Crippen molar-refractivity contribution in [2.75, 3.05) is 23.0 Å². The number of carbonyl (C=O) groups is 2. The molecule has 0 bridgehead atoms. The number of sulfone groups is 1. The minimum Gasteiger partial charge on any atom is -0.323 e. The second-order valence-corrected chi connectivity index (χ2v) is 7.21. The minimum absolute atomic E-state index is 0.0477. The molecule has 2 amide bonds. The van der Waals surface area contributed by atoms with Crippen molar-refractivity contribution in [3.63, 3.8) is 0 Å². The number of carbonyl (C=O) groups excluding carboxylic acids is 2. The van der Waals surface area contributed by atoms with Crippen molar-refractivity contribution in [3.8, 4) is 0 Å². The van der Waals surface area contributed by atoms with Crippen molar-refractivity contribution in [2.24, 2.45) is 0 Å². The van der Waals surface area contributed by atoms with Gasteiger partial charge in [-0.2, -0.15) is 0 Å². The topological polar surface area (TPSA) is 83.6 Å². The summed E-state index contributed by atoms with van der Waals surface area (Å²) in [6.45, 7) is -0.159. The van der Waals surface area contributed by atoms with Crippen LogP contribution in [0.5, 0.6) is 0 Å². The van der Waals surface area contributed by atoms with E-state index < -0.39 is 15.7 Å². The van der Waals surface area contributed by atoms with Crippen molar-refractivity contribution >= 4 is 33.0 Å². The summed E-state index contributed by atoms with van der Waals surface area (Å²) in [6, 6.07) is 12.9. The smallest absolute Gasteiger partial charge is 0.260 e. The van der Waals surface area contributed by atoms with Gasteiger partial charge in [-0.1, -0.05) is 24.3 Å². The average molecular weight is 330 g/mol. The molecule has 6 nitrogen and oxygen atoms in total.